The molecule has 0 unspecified atom stereocenters. The third kappa shape index (κ3) is 6.67. The van der Waals surface area contributed by atoms with E-state index in [9.17, 15) is 18.0 Å². The largest absolute Gasteiger partial charge is 0.357 e. The fraction of sp³-hybridized carbons (Fsp3) is 0.286. The van der Waals surface area contributed by atoms with Gasteiger partial charge in [-0.1, -0.05) is 72.1 Å². The normalized spacial score (nSPS) is 12.1. The van der Waals surface area contributed by atoms with Crippen LogP contribution < -0.4 is 9.62 Å². The van der Waals surface area contributed by atoms with Crippen LogP contribution in [-0.2, 0) is 26.2 Å². The molecule has 38 heavy (non-hydrogen) atoms. The van der Waals surface area contributed by atoms with Crippen molar-refractivity contribution in [1.29, 1.82) is 0 Å². The van der Waals surface area contributed by atoms with Gasteiger partial charge >= 0.3 is 0 Å². The van der Waals surface area contributed by atoms with Crippen LogP contribution in [0.2, 0.25) is 10.0 Å². The van der Waals surface area contributed by atoms with Gasteiger partial charge in [0.25, 0.3) is 10.0 Å². The van der Waals surface area contributed by atoms with E-state index in [0.29, 0.717) is 27.6 Å². The molecule has 3 aromatic rings. The fourth-order valence-corrected chi connectivity index (χ4v) is 5.93. The second-order valence-corrected chi connectivity index (χ2v) is 11.6. The zero-order chi connectivity index (χ0) is 28.0. The van der Waals surface area contributed by atoms with Crippen molar-refractivity contribution >= 4 is 50.7 Å². The molecular weight excluding hydrogens is 545 g/mol. The Morgan fingerprint density at radius 1 is 0.974 bits per heavy atom. The molecule has 0 saturated carbocycles. The number of benzene rings is 3. The third-order valence-corrected chi connectivity index (χ3v) is 8.64. The van der Waals surface area contributed by atoms with Crippen molar-refractivity contribution in [3.63, 3.8) is 0 Å². The molecule has 3 aromatic carbocycles. The van der Waals surface area contributed by atoms with E-state index >= 15 is 0 Å². The number of amides is 2. The van der Waals surface area contributed by atoms with E-state index in [0.717, 1.165) is 9.87 Å². The lowest BCUT2D eigenvalue weighted by Crippen LogP contribution is -2.51. The highest BCUT2D eigenvalue weighted by molar-refractivity contribution is 7.92. The first-order valence-electron chi connectivity index (χ1n) is 12.1. The second kappa shape index (κ2) is 12.7. The van der Waals surface area contributed by atoms with Crippen LogP contribution in [0.4, 0.5) is 5.69 Å². The first-order chi connectivity index (χ1) is 18.0. The Bertz CT molecular complexity index is 1410. The summed E-state index contributed by atoms with van der Waals surface area (Å²) in [7, 11) is -2.68. The number of rotatable bonds is 10. The molecule has 202 valence electrons. The number of halogens is 2. The van der Waals surface area contributed by atoms with Gasteiger partial charge in [0, 0.05) is 23.6 Å². The maximum atomic E-state index is 14.0. The summed E-state index contributed by atoms with van der Waals surface area (Å²) >= 11 is 12.6. The van der Waals surface area contributed by atoms with Gasteiger partial charge in [0.1, 0.15) is 12.6 Å². The Balaban J connectivity index is 2.12. The highest BCUT2D eigenvalue weighted by Crippen LogP contribution is 2.30. The molecule has 1 atom stereocenters. The molecule has 0 radical (unpaired) electrons. The highest BCUT2D eigenvalue weighted by atomic mass is 35.5. The van der Waals surface area contributed by atoms with Crippen LogP contribution in [0.1, 0.15) is 30.0 Å². The number of anilines is 1. The lowest BCUT2D eigenvalue weighted by molar-refractivity contribution is -0.140. The summed E-state index contributed by atoms with van der Waals surface area (Å²) in [6, 6.07) is 17.4. The average Bonchev–Trinajstić information content (AvgIpc) is 2.89. The standard InChI is InChI=1S/C28H31Cl2N3O4S/c1-5-25(28(35)31-4)32(17-21-8-6-7-9-24(21)30)27(34)18-33(26-16-22(29)13-12-20(26)3)38(36,37)23-14-10-19(2)11-15-23/h6-16,25H,5,17-18H2,1-4H3,(H,31,35)/t25-/m0/s1. The zero-order valence-corrected chi connectivity index (χ0v) is 24.1. The minimum absolute atomic E-state index is 0.0252. The molecule has 0 aliphatic rings. The first kappa shape index (κ1) is 29.5. The van der Waals surface area contributed by atoms with Gasteiger partial charge in [-0.05, 0) is 61.7 Å². The molecule has 0 heterocycles. The number of sulfonamides is 1. The summed E-state index contributed by atoms with van der Waals surface area (Å²) in [5.41, 5.74) is 2.43. The number of hydrogen-bond acceptors (Lipinski definition) is 4. The molecule has 2 amide bonds. The average molecular weight is 577 g/mol. The molecule has 0 aliphatic heterocycles. The lowest BCUT2D eigenvalue weighted by atomic mass is 10.1. The van der Waals surface area contributed by atoms with Crippen LogP contribution in [0.15, 0.2) is 71.6 Å². The summed E-state index contributed by atoms with van der Waals surface area (Å²) in [6.07, 6.45) is 0.316. The maximum Gasteiger partial charge on any atom is 0.264 e. The summed E-state index contributed by atoms with van der Waals surface area (Å²) < 4.78 is 28.9. The number of carbonyl (C=O) groups excluding carboxylic acids is 2. The molecule has 0 fully saturated rings. The van der Waals surface area contributed by atoms with Crippen LogP contribution in [0.3, 0.4) is 0 Å². The van der Waals surface area contributed by atoms with Gasteiger partial charge < -0.3 is 10.2 Å². The highest BCUT2D eigenvalue weighted by Gasteiger charge is 2.34. The number of nitrogens with zero attached hydrogens (tertiary/aromatic N) is 2. The molecule has 7 nitrogen and oxygen atoms in total. The molecule has 0 saturated heterocycles. The number of aryl methyl sites for hydroxylation is 2. The molecule has 0 aromatic heterocycles. The summed E-state index contributed by atoms with van der Waals surface area (Å²) in [6.45, 7) is 4.87. The minimum atomic E-state index is -4.18. The van der Waals surface area contributed by atoms with E-state index in [2.05, 4.69) is 5.32 Å². The number of nitrogens with one attached hydrogen (secondary N) is 1. The first-order valence-corrected chi connectivity index (χ1v) is 14.3. The van der Waals surface area contributed by atoms with E-state index in [1.807, 2.05) is 6.92 Å². The van der Waals surface area contributed by atoms with Crippen molar-refractivity contribution in [3.05, 3.63) is 93.5 Å². The van der Waals surface area contributed by atoms with Crippen molar-refractivity contribution in [2.75, 3.05) is 17.9 Å². The maximum absolute atomic E-state index is 14.0. The summed E-state index contributed by atoms with van der Waals surface area (Å²) in [5, 5.41) is 3.36. The molecule has 0 bridgehead atoms. The van der Waals surface area contributed by atoms with Crippen LogP contribution in [0.5, 0.6) is 0 Å². The van der Waals surface area contributed by atoms with Crippen LogP contribution >= 0.6 is 23.2 Å². The quantitative estimate of drug-likeness (QED) is 0.352. The van der Waals surface area contributed by atoms with Crippen LogP contribution in [-0.4, -0.2) is 44.8 Å². The van der Waals surface area contributed by atoms with Gasteiger partial charge in [0.2, 0.25) is 11.8 Å². The van der Waals surface area contributed by atoms with E-state index in [1.54, 1.807) is 62.4 Å². The predicted octanol–water partition coefficient (Wildman–Crippen LogP) is 5.36. The zero-order valence-electron chi connectivity index (χ0n) is 21.7. The van der Waals surface area contributed by atoms with Crippen LogP contribution in [0.25, 0.3) is 0 Å². The second-order valence-electron chi connectivity index (χ2n) is 8.91. The number of hydrogen-bond donors (Lipinski definition) is 1. The Morgan fingerprint density at radius 3 is 2.24 bits per heavy atom. The molecule has 10 heteroatoms. The van der Waals surface area contributed by atoms with Gasteiger partial charge in [-0.3, -0.25) is 13.9 Å². The van der Waals surface area contributed by atoms with E-state index < -0.39 is 28.5 Å². The minimum Gasteiger partial charge on any atom is -0.357 e. The van der Waals surface area contributed by atoms with Crippen molar-refractivity contribution in [3.8, 4) is 0 Å². The van der Waals surface area contributed by atoms with Crippen molar-refractivity contribution < 1.29 is 18.0 Å². The number of likely N-dealkylation sites (N-methyl/N-ethyl adjacent to an activating group) is 1. The van der Waals surface area contributed by atoms with Gasteiger partial charge in [0.15, 0.2) is 0 Å². The molecular formula is C28H31Cl2N3O4S. The summed E-state index contributed by atoms with van der Waals surface area (Å²) in [5.74, 6) is -0.921. The molecule has 3 rings (SSSR count). The van der Waals surface area contributed by atoms with E-state index in [1.165, 1.54) is 30.1 Å². The lowest BCUT2D eigenvalue weighted by Gasteiger charge is -2.33. The smallest absolute Gasteiger partial charge is 0.264 e. The van der Waals surface area contributed by atoms with Crippen LogP contribution in [0, 0.1) is 13.8 Å². The van der Waals surface area contributed by atoms with E-state index in [-0.39, 0.29) is 23.0 Å². The predicted molar refractivity (Wildman–Crippen MR) is 152 cm³/mol. The van der Waals surface area contributed by atoms with Crippen molar-refractivity contribution in [2.45, 2.75) is 44.7 Å². The Labute approximate surface area is 234 Å². The molecule has 1 N–H and O–H groups in total. The fourth-order valence-electron chi connectivity index (χ4n) is 4.10. The SMILES string of the molecule is CC[C@@H](C(=O)NC)N(Cc1ccccc1Cl)C(=O)CN(c1cc(Cl)ccc1C)S(=O)(=O)c1ccc(C)cc1. The van der Waals surface area contributed by atoms with Crippen molar-refractivity contribution in [2.24, 2.45) is 0 Å². The monoisotopic (exact) mass is 575 g/mol. The summed E-state index contributed by atoms with van der Waals surface area (Å²) in [4.78, 5) is 28.1. The Hall–Kier alpha value is -3.07. The van der Waals surface area contributed by atoms with E-state index in [4.69, 9.17) is 23.2 Å². The van der Waals surface area contributed by atoms with Gasteiger partial charge in [-0.2, -0.15) is 0 Å². The topological polar surface area (TPSA) is 86.8 Å². The van der Waals surface area contributed by atoms with Gasteiger partial charge in [-0.25, -0.2) is 8.42 Å². The van der Waals surface area contributed by atoms with Gasteiger partial charge in [-0.15, -0.1) is 0 Å². The van der Waals surface area contributed by atoms with Crippen molar-refractivity contribution in [1.82, 2.24) is 10.2 Å². The number of carbonyl (C=O) groups is 2. The Kier molecular flexibility index (Phi) is 9.82. The molecule has 0 spiro atoms. The Morgan fingerprint density at radius 2 is 1.63 bits per heavy atom. The van der Waals surface area contributed by atoms with Gasteiger partial charge in [0.05, 0.1) is 10.6 Å². The molecule has 0 aliphatic carbocycles. The third-order valence-electron chi connectivity index (χ3n) is 6.26.